The van der Waals surface area contributed by atoms with E-state index in [0.29, 0.717) is 15.8 Å². The van der Waals surface area contributed by atoms with Crippen molar-refractivity contribution in [2.75, 3.05) is 22.5 Å². The van der Waals surface area contributed by atoms with Crippen molar-refractivity contribution in [3.8, 4) is 11.5 Å². The van der Waals surface area contributed by atoms with E-state index < -0.39 is 26.7 Å². The lowest BCUT2D eigenvalue weighted by atomic mass is 10.2. The number of urea groups is 1. The standard InChI is InChI=1S/C20H18BrN3O5S/c1-29-17-12-11-16(23-20(26)22-15-10-6-5-9-14(15)21)18(25)19(17)30(27,28)24-13-7-3-2-4-8-13/h2-12,24-25H,1H3,(H2,22,23,26). The zero-order valence-corrected chi connectivity index (χ0v) is 18.1. The number of phenols is 1. The molecule has 0 radical (unpaired) electrons. The molecule has 0 spiro atoms. The maximum Gasteiger partial charge on any atom is 0.323 e. The molecule has 0 bridgehead atoms. The molecule has 3 rings (SSSR count). The van der Waals surface area contributed by atoms with E-state index in [4.69, 9.17) is 4.74 Å². The number of aromatic hydroxyl groups is 1. The highest BCUT2D eigenvalue weighted by Gasteiger charge is 2.27. The first-order valence-electron chi connectivity index (χ1n) is 8.62. The van der Waals surface area contributed by atoms with Gasteiger partial charge >= 0.3 is 6.03 Å². The zero-order valence-electron chi connectivity index (χ0n) is 15.7. The Kier molecular flexibility index (Phi) is 6.48. The fourth-order valence-electron chi connectivity index (χ4n) is 2.62. The van der Waals surface area contributed by atoms with Crippen LogP contribution < -0.4 is 20.1 Å². The second-order valence-corrected chi connectivity index (χ2v) is 8.50. The third-order valence-electron chi connectivity index (χ3n) is 3.98. The van der Waals surface area contributed by atoms with Gasteiger partial charge in [-0.15, -0.1) is 0 Å². The largest absolute Gasteiger partial charge is 0.504 e. The summed E-state index contributed by atoms with van der Waals surface area (Å²) in [5.41, 5.74) is 0.708. The molecule has 3 aromatic carbocycles. The number of halogens is 1. The number of benzene rings is 3. The maximum absolute atomic E-state index is 12.9. The van der Waals surface area contributed by atoms with E-state index in [2.05, 4.69) is 31.3 Å². The molecule has 2 amide bonds. The molecule has 0 atom stereocenters. The minimum Gasteiger partial charge on any atom is -0.504 e. The van der Waals surface area contributed by atoms with Gasteiger partial charge in [-0.1, -0.05) is 30.3 Å². The quantitative estimate of drug-likeness (QED) is 0.375. The molecule has 30 heavy (non-hydrogen) atoms. The number of methoxy groups -OCH3 is 1. The first kappa shape index (κ1) is 21.5. The first-order chi connectivity index (χ1) is 14.3. The van der Waals surface area contributed by atoms with Crippen LogP contribution in [0.25, 0.3) is 0 Å². The monoisotopic (exact) mass is 491 g/mol. The van der Waals surface area contributed by atoms with Crippen molar-refractivity contribution >= 4 is 49.0 Å². The van der Waals surface area contributed by atoms with Gasteiger partial charge in [-0.05, 0) is 52.3 Å². The fourth-order valence-corrected chi connectivity index (χ4v) is 4.34. The SMILES string of the molecule is COc1ccc(NC(=O)Nc2ccccc2Br)c(O)c1S(=O)(=O)Nc1ccccc1. The molecular formula is C20H18BrN3O5S. The van der Waals surface area contributed by atoms with E-state index in [1.807, 2.05) is 0 Å². The molecule has 0 unspecified atom stereocenters. The van der Waals surface area contributed by atoms with E-state index in [0.717, 1.165) is 0 Å². The summed E-state index contributed by atoms with van der Waals surface area (Å²) < 4.78 is 33.9. The molecule has 0 aromatic heterocycles. The van der Waals surface area contributed by atoms with Crippen LogP contribution in [0.5, 0.6) is 11.5 Å². The van der Waals surface area contributed by atoms with Crippen molar-refractivity contribution in [2.24, 2.45) is 0 Å². The molecule has 0 saturated carbocycles. The normalized spacial score (nSPS) is 10.9. The number of phenolic OH excluding ortho intramolecular Hbond substituents is 1. The number of hydrogen-bond acceptors (Lipinski definition) is 5. The van der Waals surface area contributed by atoms with E-state index in [1.54, 1.807) is 54.6 Å². The summed E-state index contributed by atoms with van der Waals surface area (Å²) >= 11 is 3.32. The number of rotatable bonds is 6. The second kappa shape index (κ2) is 9.06. The maximum atomic E-state index is 12.9. The van der Waals surface area contributed by atoms with E-state index in [-0.39, 0.29) is 11.4 Å². The molecule has 10 heteroatoms. The fraction of sp³-hybridized carbons (Fsp3) is 0.0500. The molecule has 8 nitrogen and oxygen atoms in total. The van der Waals surface area contributed by atoms with Crippen LogP contribution in [-0.4, -0.2) is 26.7 Å². The number of sulfonamides is 1. The average molecular weight is 492 g/mol. The number of nitrogens with one attached hydrogen (secondary N) is 3. The molecule has 4 N–H and O–H groups in total. The van der Waals surface area contributed by atoms with Gasteiger partial charge in [-0.3, -0.25) is 4.72 Å². The lowest BCUT2D eigenvalue weighted by molar-refractivity contribution is 0.262. The summed E-state index contributed by atoms with van der Waals surface area (Å²) in [6, 6.07) is 17.2. The van der Waals surface area contributed by atoms with Crippen LogP contribution in [0.1, 0.15) is 0 Å². The van der Waals surface area contributed by atoms with Crippen molar-refractivity contribution in [2.45, 2.75) is 4.90 Å². The molecule has 0 aliphatic rings. The highest BCUT2D eigenvalue weighted by molar-refractivity contribution is 9.10. The predicted octanol–water partition coefficient (Wildman–Crippen LogP) is 4.61. The molecule has 0 aliphatic carbocycles. The van der Waals surface area contributed by atoms with Gasteiger partial charge in [0.15, 0.2) is 10.6 Å². The zero-order chi connectivity index (χ0) is 21.7. The topological polar surface area (TPSA) is 117 Å². The summed E-state index contributed by atoms with van der Waals surface area (Å²) in [5, 5.41) is 15.7. The lowest BCUT2D eigenvalue weighted by Crippen LogP contribution is -2.20. The lowest BCUT2D eigenvalue weighted by Gasteiger charge is -2.16. The average Bonchev–Trinajstić information content (AvgIpc) is 2.71. The van der Waals surface area contributed by atoms with Crippen LogP contribution in [0.3, 0.4) is 0 Å². The third kappa shape index (κ3) is 4.84. The molecule has 0 heterocycles. The second-order valence-electron chi connectivity index (χ2n) is 6.02. The van der Waals surface area contributed by atoms with Crippen molar-refractivity contribution in [3.05, 3.63) is 71.2 Å². The Morgan fingerprint density at radius 3 is 2.23 bits per heavy atom. The van der Waals surface area contributed by atoms with Gasteiger partial charge in [-0.2, -0.15) is 0 Å². The van der Waals surface area contributed by atoms with E-state index in [1.165, 1.54) is 19.2 Å². The predicted molar refractivity (Wildman–Crippen MR) is 119 cm³/mol. The Morgan fingerprint density at radius 2 is 1.57 bits per heavy atom. The number of amides is 2. The van der Waals surface area contributed by atoms with Crippen LogP contribution in [0.4, 0.5) is 21.9 Å². The number of hydrogen-bond donors (Lipinski definition) is 4. The van der Waals surface area contributed by atoms with Crippen molar-refractivity contribution < 1.29 is 23.1 Å². The van der Waals surface area contributed by atoms with E-state index in [9.17, 15) is 18.3 Å². The molecule has 0 saturated heterocycles. The van der Waals surface area contributed by atoms with Gasteiger partial charge in [0, 0.05) is 10.2 Å². The van der Waals surface area contributed by atoms with Gasteiger partial charge in [0.1, 0.15) is 5.75 Å². The van der Waals surface area contributed by atoms with Crippen LogP contribution >= 0.6 is 15.9 Å². The highest BCUT2D eigenvalue weighted by atomic mass is 79.9. The number of para-hydroxylation sites is 2. The summed E-state index contributed by atoms with van der Waals surface area (Å²) in [5.74, 6) is -0.729. The Morgan fingerprint density at radius 1 is 0.933 bits per heavy atom. The van der Waals surface area contributed by atoms with Crippen molar-refractivity contribution in [1.82, 2.24) is 0 Å². The Labute approximate surface area is 182 Å². The Hall–Kier alpha value is -3.24. The van der Waals surface area contributed by atoms with Crippen molar-refractivity contribution in [1.29, 1.82) is 0 Å². The number of ether oxygens (including phenoxy) is 1. The van der Waals surface area contributed by atoms with Crippen LogP contribution in [0, 0.1) is 0 Å². The summed E-state index contributed by atoms with van der Waals surface area (Å²) in [7, 11) is -2.93. The van der Waals surface area contributed by atoms with Crippen molar-refractivity contribution in [3.63, 3.8) is 0 Å². The van der Waals surface area contributed by atoms with Crippen LogP contribution in [0.15, 0.2) is 76.1 Å². The Balaban J connectivity index is 1.91. The smallest absolute Gasteiger partial charge is 0.323 e. The van der Waals surface area contributed by atoms with Gasteiger partial charge in [0.2, 0.25) is 0 Å². The van der Waals surface area contributed by atoms with Gasteiger partial charge in [0.05, 0.1) is 18.5 Å². The van der Waals surface area contributed by atoms with Crippen LogP contribution in [0.2, 0.25) is 0 Å². The third-order valence-corrected chi connectivity index (χ3v) is 6.11. The highest BCUT2D eigenvalue weighted by Crippen LogP contribution is 2.39. The molecule has 156 valence electrons. The van der Waals surface area contributed by atoms with Gasteiger partial charge in [-0.25, -0.2) is 13.2 Å². The minimum absolute atomic E-state index is 0.0762. The molecule has 0 aliphatic heterocycles. The number of anilines is 3. The molecule has 0 fully saturated rings. The number of carbonyl (C=O) groups is 1. The first-order valence-corrected chi connectivity index (χ1v) is 10.9. The number of carbonyl (C=O) groups excluding carboxylic acids is 1. The summed E-state index contributed by atoms with van der Waals surface area (Å²) in [6.45, 7) is 0. The van der Waals surface area contributed by atoms with Gasteiger partial charge in [0.25, 0.3) is 10.0 Å². The van der Waals surface area contributed by atoms with Gasteiger partial charge < -0.3 is 20.5 Å². The molecule has 3 aromatic rings. The summed E-state index contributed by atoms with van der Waals surface area (Å²) in [4.78, 5) is 11.8. The van der Waals surface area contributed by atoms with Crippen LogP contribution in [-0.2, 0) is 10.0 Å². The van der Waals surface area contributed by atoms with E-state index >= 15 is 0 Å². The summed E-state index contributed by atoms with van der Waals surface area (Å²) in [6.07, 6.45) is 0. The minimum atomic E-state index is -4.21. The Bertz CT molecular complexity index is 1170. The molecular weight excluding hydrogens is 474 g/mol.